The number of rotatable bonds is 4. The monoisotopic (exact) mass is 212 g/mol. The lowest BCUT2D eigenvalue weighted by atomic mass is 10.1. The first-order valence-corrected chi connectivity index (χ1v) is 5.27. The van der Waals surface area contributed by atoms with E-state index in [9.17, 15) is 0 Å². The summed E-state index contributed by atoms with van der Waals surface area (Å²) in [5.74, 6) is 0. The largest absolute Gasteiger partial charge is 0.392 e. The molecular weight excluding hydrogens is 198 g/mol. The molecule has 0 fully saturated rings. The average Bonchev–Trinajstić information content (AvgIpc) is 2.83. The topological polar surface area (TPSA) is 25.2 Å². The molecule has 2 heteroatoms. The van der Waals surface area contributed by atoms with Crippen molar-refractivity contribution in [3.05, 3.63) is 66.0 Å². The van der Waals surface area contributed by atoms with E-state index in [0.29, 0.717) is 0 Å². The zero-order valence-electron chi connectivity index (χ0n) is 9.00. The molecule has 1 heterocycles. The van der Waals surface area contributed by atoms with Crippen LogP contribution in [0.15, 0.2) is 48.7 Å². The van der Waals surface area contributed by atoms with Crippen molar-refractivity contribution in [1.29, 1.82) is 0 Å². The van der Waals surface area contributed by atoms with E-state index in [2.05, 4.69) is 18.3 Å². The highest BCUT2D eigenvalue weighted by Gasteiger charge is 1.89. The Morgan fingerprint density at radius 1 is 1.25 bits per heavy atom. The summed E-state index contributed by atoms with van der Waals surface area (Å²) in [5.41, 5.74) is 2.08. The highest BCUT2D eigenvalue weighted by atomic mass is 16.3. The van der Waals surface area contributed by atoms with Crippen molar-refractivity contribution in [2.75, 3.05) is 0 Å². The number of hydrogen-bond donors (Lipinski definition) is 1. The molecule has 0 unspecified atom stereocenters. The van der Waals surface area contributed by atoms with Gasteiger partial charge < -0.3 is 9.67 Å². The summed E-state index contributed by atoms with van der Waals surface area (Å²) < 4.78 is 1.98. The predicted octanol–water partition coefficient (Wildman–Crippen LogP) is 2.49. The highest BCUT2D eigenvalue weighted by molar-refractivity contribution is 5.49. The molecule has 0 saturated carbocycles. The molecule has 1 aromatic carbocycles. The molecule has 2 rings (SSSR count). The van der Waals surface area contributed by atoms with Crippen LogP contribution >= 0.6 is 0 Å². The van der Waals surface area contributed by atoms with Crippen molar-refractivity contribution in [2.24, 2.45) is 0 Å². The van der Waals surface area contributed by atoms with E-state index >= 15 is 0 Å². The number of hydrogen-bond acceptors (Lipinski definition) is 1. The summed E-state index contributed by atoms with van der Waals surface area (Å²) in [6.45, 7) is 0.928. The van der Waals surface area contributed by atoms with Crippen molar-refractivity contribution in [3.8, 4) is 0 Å². The minimum absolute atomic E-state index is 0.0995. The third-order valence-corrected chi connectivity index (χ3v) is 2.38. The van der Waals surface area contributed by atoms with E-state index in [1.54, 1.807) is 0 Å². The number of aliphatic hydroxyl groups excluding tert-OH is 1. The first-order chi connectivity index (χ1) is 7.88. The Bertz CT molecular complexity index is 440. The molecule has 2 nitrogen and oxygen atoms in total. The first kappa shape index (κ1) is 10.7. The third kappa shape index (κ3) is 2.84. The molecule has 0 atom stereocenters. The quantitative estimate of drug-likeness (QED) is 0.827. The van der Waals surface area contributed by atoms with E-state index in [1.807, 2.05) is 47.2 Å². The number of nitrogens with zero attached hydrogens (tertiary/aromatic N) is 1. The Morgan fingerprint density at radius 3 is 2.69 bits per heavy atom. The second-order valence-corrected chi connectivity index (χ2v) is 3.59. The van der Waals surface area contributed by atoms with E-state index in [0.717, 1.165) is 17.7 Å². The lowest BCUT2D eigenvalue weighted by Gasteiger charge is -1.98. The highest BCUT2D eigenvalue weighted by Crippen LogP contribution is 2.06. The third-order valence-electron chi connectivity index (χ3n) is 2.38. The second kappa shape index (κ2) is 5.33. The second-order valence-electron chi connectivity index (χ2n) is 3.59. The van der Waals surface area contributed by atoms with Crippen molar-refractivity contribution in [1.82, 2.24) is 4.57 Å². The summed E-state index contributed by atoms with van der Waals surface area (Å²) in [4.78, 5) is 0. The number of allylic oxidation sites excluding steroid dienone is 1. The van der Waals surface area contributed by atoms with Gasteiger partial charge >= 0.3 is 0 Å². The fraction of sp³-hybridized carbons (Fsp3) is 0.143. The van der Waals surface area contributed by atoms with Crippen LogP contribution in [0, 0.1) is 6.20 Å². The van der Waals surface area contributed by atoms with Gasteiger partial charge in [-0.3, -0.25) is 0 Å². The van der Waals surface area contributed by atoms with Crippen LogP contribution in [0.3, 0.4) is 0 Å². The molecule has 0 spiro atoms. The van der Waals surface area contributed by atoms with Gasteiger partial charge in [-0.1, -0.05) is 36.4 Å². The molecule has 2 aromatic rings. The molecule has 0 aliphatic rings. The van der Waals surface area contributed by atoms with Crippen molar-refractivity contribution in [2.45, 2.75) is 13.2 Å². The predicted molar refractivity (Wildman–Crippen MR) is 64.7 cm³/mol. The molecule has 81 valence electrons. The number of aromatic nitrogens is 1. The van der Waals surface area contributed by atoms with Crippen molar-refractivity contribution < 1.29 is 5.11 Å². The summed E-state index contributed by atoms with van der Waals surface area (Å²) in [5, 5.41) is 8.90. The van der Waals surface area contributed by atoms with Crippen molar-refractivity contribution in [3.63, 3.8) is 0 Å². The Labute approximate surface area is 95.5 Å². The maximum atomic E-state index is 8.90. The SMILES string of the molecule is OCc1ccc(/C=C/Cn2[c]ccc2)cc1. The van der Waals surface area contributed by atoms with Gasteiger partial charge in [0.2, 0.25) is 0 Å². The molecule has 0 aliphatic heterocycles. The summed E-state index contributed by atoms with van der Waals surface area (Å²) in [6, 6.07) is 11.7. The number of benzene rings is 1. The van der Waals surface area contributed by atoms with Gasteiger partial charge in [-0.2, -0.15) is 0 Å². The van der Waals surface area contributed by atoms with Gasteiger partial charge in [0.05, 0.1) is 12.8 Å². The van der Waals surface area contributed by atoms with Crippen LogP contribution in [0.2, 0.25) is 0 Å². The average molecular weight is 212 g/mol. The maximum Gasteiger partial charge on any atom is 0.0681 e. The zero-order valence-corrected chi connectivity index (χ0v) is 9.00. The standard InChI is InChI=1S/C14H14NO/c16-12-14-7-5-13(6-8-14)4-3-11-15-9-1-2-10-15/h1-9,16H,11-12H2/b4-3+. The van der Waals surface area contributed by atoms with Gasteiger partial charge in [0.15, 0.2) is 0 Å². The molecule has 16 heavy (non-hydrogen) atoms. The van der Waals surface area contributed by atoms with Gasteiger partial charge in [-0.05, 0) is 23.3 Å². The van der Waals surface area contributed by atoms with Gasteiger partial charge in [0.25, 0.3) is 0 Å². The van der Waals surface area contributed by atoms with Crippen LogP contribution in [0.25, 0.3) is 6.08 Å². The fourth-order valence-corrected chi connectivity index (χ4v) is 1.48. The van der Waals surface area contributed by atoms with E-state index in [4.69, 9.17) is 5.11 Å². The van der Waals surface area contributed by atoms with E-state index in [-0.39, 0.29) is 6.61 Å². The maximum absolute atomic E-state index is 8.90. The summed E-state index contributed by atoms with van der Waals surface area (Å²) in [7, 11) is 0. The number of aliphatic hydroxyl groups is 1. The van der Waals surface area contributed by atoms with Gasteiger partial charge in [0, 0.05) is 12.7 Å². The fourth-order valence-electron chi connectivity index (χ4n) is 1.48. The normalized spacial score (nSPS) is 11.1. The van der Waals surface area contributed by atoms with Crippen LogP contribution in [-0.4, -0.2) is 9.67 Å². The van der Waals surface area contributed by atoms with Crippen LogP contribution in [0.1, 0.15) is 11.1 Å². The molecular formula is C14H14NO. The first-order valence-electron chi connectivity index (χ1n) is 5.27. The van der Waals surface area contributed by atoms with Gasteiger partial charge in [-0.25, -0.2) is 0 Å². The molecule has 0 saturated heterocycles. The molecule has 0 bridgehead atoms. The lowest BCUT2D eigenvalue weighted by Crippen LogP contribution is -1.89. The lowest BCUT2D eigenvalue weighted by molar-refractivity contribution is 0.282. The van der Waals surface area contributed by atoms with E-state index in [1.165, 1.54) is 0 Å². The van der Waals surface area contributed by atoms with Crippen LogP contribution in [0.5, 0.6) is 0 Å². The minimum Gasteiger partial charge on any atom is -0.392 e. The van der Waals surface area contributed by atoms with Gasteiger partial charge in [0.1, 0.15) is 0 Å². The summed E-state index contributed by atoms with van der Waals surface area (Å²) >= 11 is 0. The zero-order chi connectivity index (χ0) is 11.2. The Hall–Kier alpha value is -1.80. The molecule has 1 radical (unpaired) electrons. The molecule has 0 aliphatic carbocycles. The van der Waals surface area contributed by atoms with Gasteiger partial charge in [-0.15, -0.1) is 0 Å². The molecule has 0 amide bonds. The van der Waals surface area contributed by atoms with Crippen LogP contribution in [0.4, 0.5) is 0 Å². The minimum atomic E-state index is 0.0995. The Morgan fingerprint density at radius 2 is 2.06 bits per heavy atom. The smallest absolute Gasteiger partial charge is 0.0681 e. The molecule has 1 aromatic heterocycles. The van der Waals surface area contributed by atoms with E-state index < -0.39 is 0 Å². The Balaban J connectivity index is 1.95. The van der Waals surface area contributed by atoms with Crippen LogP contribution < -0.4 is 0 Å². The summed E-state index contributed by atoms with van der Waals surface area (Å²) in [6.07, 6.45) is 9.21. The Kier molecular flexibility index (Phi) is 3.57. The van der Waals surface area contributed by atoms with Crippen LogP contribution in [-0.2, 0) is 13.2 Å². The molecule has 1 N–H and O–H groups in total. The van der Waals surface area contributed by atoms with Crippen molar-refractivity contribution >= 4 is 6.08 Å².